The number of hydrogen-bond donors (Lipinski definition) is 2. The van der Waals surface area contributed by atoms with Gasteiger partial charge >= 0.3 is 0 Å². The minimum absolute atomic E-state index is 0.0749. The number of nitrogens with one attached hydrogen (secondary N) is 2. The highest BCUT2D eigenvalue weighted by molar-refractivity contribution is 7.92. The van der Waals surface area contributed by atoms with Crippen molar-refractivity contribution in [2.45, 2.75) is 55.9 Å². The standard InChI is InChI=1S/C21H25ClN2O3S/c22-19-14-13-16(21(25)23-17-9-5-2-1-3-6-10-17)15-20(19)28(26,27)24-18-11-7-4-8-12-18/h4,7-8,11-15,17,24H,1-3,5-6,9-10H2,(H,23,25). The van der Waals surface area contributed by atoms with Crippen molar-refractivity contribution in [3.8, 4) is 0 Å². The fourth-order valence-electron chi connectivity index (χ4n) is 3.44. The lowest BCUT2D eigenvalue weighted by atomic mass is 9.96. The fraction of sp³-hybridized carbons (Fsp3) is 0.381. The molecule has 0 saturated heterocycles. The molecule has 0 aliphatic heterocycles. The van der Waals surface area contributed by atoms with Gasteiger partial charge in [-0.25, -0.2) is 8.42 Å². The lowest BCUT2D eigenvalue weighted by molar-refractivity contribution is 0.0930. The lowest BCUT2D eigenvalue weighted by Crippen LogP contribution is -2.35. The van der Waals surface area contributed by atoms with Gasteiger partial charge in [0.25, 0.3) is 15.9 Å². The first-order chi connectivity index (χ1) is 13.5. The quantitative estimate of drug-likeness (QED) is 0.715. The first-order valence-corrected chi connectivity index (χ1v) is 11.5. The molecule has 28 heavy (non-hydrogen) atoms. The van der Waals surface area contributed by atoms with E-state index in [1.54, 1.807) is 36.4 Å². The van der Waals surface area contributed by atoms with Gasteiger partial charge < -0.3 is 5.32 Å². The predicted octanol–water partition coefficient (Wildman–Crippen LogP) is 4.98. The van der Waals surface area contributed by atoms with Crippen LogP contribution in [0.4, 0.5) is 5.69 Å². The molecule has 150 valence electrons. The van der Waals surface area contributed by atoms with Crippen LogP contribution in [-0.2, 0) is 10.0 Å². The molecule has 1 amide bonds. The van der Waals surface area contributed by atoms with Crippen LogP contribution in [0.2, 0.25) is 5.02 Å². The van der Waals surface area contributed by atoms with E-state index in [4.69, 9.17) is 11.6 Å². The van der Waals surface area contributed by atoms with Gasteiger partial charge in [-0.1, -0.05) is 61.9 Å². The van der Waals surface area contributed by atoms with Gasteiger partial charge in [0.2, 0.25) is 0 Å². The van der Waals surface area contributed by atoms with Gasteiger partial charge in [0, 0.05) is 17.3 Å². The van der Waals surface area contributed by atoms with E-state index in [9.17, 15) is 13.2 Å². The van der Waals surface area contributed by atoms with Gasteiger partial charge in [-0.2, -0.15) is 0 Å². The van der Waals surface area contributed by atoms with Gasteiger partial charge in [0.1, 0.15) is 4.90 Å². The summed E-state index contributed by atoms with van der Waals surface area (Å²) in [5.41, 5.74) is 0.725. The molecule has 0 spiro atoms. The van der Waals surface area contributed by atoms with E-state index in [-0.39, 0.29) is 21.9 Å². The van der Waals surface area contributed by atoms with Crippen molar-refractivity contribution in [3.05, 3.63) is 59.1 Å². The van der Waals surface area contributed by atoms with E-state index in [1.165, 1.54) is 31.4 Å². The average Bonchev–Trinajstić information content (AvgIpc) is 2.64. The van der Waals surface area contributed by atoms with Gasteiger partial charge in [0.05, 0.1) is 5.02 Å². The molecule has 3 rings (SSSR count). The molecule has 7 heteroatoms. The Morgan fingerprint density at radius 1 is 0.929 bits per heavy atom. The molecule has 0 bridgehead atoms. The van der Waals surface area contributed by atoms with Crippen LogP contribution in [0.25, 0.3) is 0 Å². The maximum absolute atomic E-state index is 12.7. The van der Waals surface area contributed by atoms with Crippen LogP contribution in [0, 0.1) is 0 Å². The zero-order valence-corrected chi connectivity index (χ0v) is 17.2. The highest BCUT2D eigenvalue weighted by Crippen LogP contribution is 2.25. The Balaban J connectivity index is 1.77. The molecular formula is C21H25ClN2O3S. The minimum atomic E-state index is -3.91. The van der Waals surface area contributed by atoms with Crippen LogP contribution in [0.15, 0.2) is 53.4 Å². The molecule has 1 saturated carbocycles. The summed E-state index contributed by atoms with van der Waals surface area (Å²) in [4.78, 5) is 12.6. The van der Waals surface area contributed by atoms with Crippen LogP contribution in [0.5, 0.6) is 0 Å². The van der Waals surface area contributed by atoms with E-state index in [1.807, 2.05) is 0 Å². The smallest absolute Gasteiger partial charge is 0.263 e. The highest BCUT2D eigenvalue weighted by Gasteiger charge is 2.22. The lowest BCUT2D eigenvalue weighted by Gasteiger charge is -2.21. The van der Waals surface area contributed by atoms with Gasteiger partial charge in [-0.05, 0) is 43.2 Å². The summed E-state index contributed by atoms with van der Waals surface area (Å²) in [5.74, 6) is -0.265. The number of sulfonamides is 1. The van der Waals surface area contributed by atoms with Crippen LogP contribution in [0.1, 0.15) is 55.3 Å². The summed E-state index contributed by atoms with van der Waals surface area (Å²) in [6, 6.07) is 13.0. The number of rotatable bonds is 5. The molecule has 0 atom stereocenters. The van der Waals surface area contributed by atoms with Crippen LogP contribution < -0.4 is 10.0 Å². The predicted molar refractivity (Wildman–Crippen MR) is 112 cm³/mol. The SMILES string of the molecule is O=C(NC1CCCCCCC1)c1ccc(Cl)c(S(=O)(=O)Nc2ccccc2)c1. The second-order valence-corrected chi connectivity index (χ2v) is 9.19. The number of carbonyl (C=O) groups excluding carboxylic acids is 1. The molecule has 0 radical (unpaired) electrons. The zero-order valence-electron chi connectivity index (χ0n) is 15.7. The largest absolute Gasteiger partial charge is 0.349 e. The molecule has 2 aromatic rings. The monoisotopic (exact) mass is 420 g/mol. The third-order valence-corrected chi connectivity index (χ3v) is 6.81. The number of anilines is 1. The third kappa shape index (κ3) is 5.49. The second-order valence-electron chi connectivity index (χ2n) is 7.13. The fourth-order valence-corrected chi connectivity index (χ4v) is 5.02. The Morgan fingerprint density at radius 3 is 2.25 bits per heavy atom. The van der Waals surface area contributed by atoms with Gasteiger partial charge in [-0.15, -0.1) is 0 Å². The van der Waals surface area contributed by atoms with Crippen molar-refractivity contribution in [1.29, 1.82) is 0 Å². The molecule has 1 fully saturated rings. The van der Waals surface area contributed by atoms with E-state index >= 15 is 0 Å². The van der Waals surface area contributed by atoms with E-state index in [0.717, 1.165) is 25.7 Å². The van der Waals surface area contributed by atoms with Crippen LogP contribution in [-0.4, -0.2) is 20.4 Å². The Hall–Kier alpha value is -2.05. The maximum atomic E-state index is 12.7. The maximum Gasteiger partial charge on any atom is 0.263 e. The van der Waals surface area contributed by atoms with Gasteiger partial charge in [-0.3, -0.25) is 9.52 Å². The molecule has 0 heterocycles. The molecule has 0 aromatic heterocycles. The van der Waals surface area contributed by atoms with Crippen molar-refractivity contribution in [2.75, 3.05) is 4.72 Å². The topological polar surface area (TPSA) is 75.3 Å². The average molecular weight is 421 g/mol. The molecule has 0 unspecified atom stereocenters. The number of halogens is 1. The van der Waals surface area contributed by atoms with E-state index in [2.05, 4.69) is 10.0 Å². The Labute approximate surface area is 171 Å². The number of carbonyl (C=O) groups is 1. The van der Waals surface area contributed by atoms with Crippen molar-refractivity contribution in [1.82, 2.24) is 5.32 Å². The third-order valence-electron chi connectivity index (χ3n) is 4.95. The summed E-state index contributed by atoms with van der Waals surface area (Å²) in [6.07, 6.45) is 7.77. The van der Waals surface area contributed by atoms with Crippen molar-refractivity contribution >= 4 is 33.2 Å². The highest BCUT2D eigenvalue weighted by atomic mass is 35.5. The number of amides is 1. The molecule has 2 N–H and O–H groups in total. The summed E-state index contributed by atoms with van der Waals surface area (Å²) in [5, 5.41) is 3.13. The van der Waals surface area contributed by atoms with Crippen molar-refractivity contribution in [2.24, 2.45) is 0 Å². The molecule has 1 aliphatic rings. The van der Waals surface area contributed by atoms with E-state index in [0.29, 0.717) is 11.3 Å². The number of para-hydroxylation sites is 1. The first-order valence-electron chi connectivity index (χ1n) is 9.64. The summed E-state index contributed by atoms with van der Waals surface area (Å²) >= 11 is 6.13. The molecule has 5 nitrogen and oxygen atoms in total. The second kappa shape index (κ2) is 9.43. The molecule has 1 aliphatic carbocycles. The summed E-state index contributed by atoms with van der Waals surface area (Å²) in [6.45, 7) is 0. The summed E-state index contributed by atoms with van der Waals surface area (Å²) < 4.78 is 28.0. The number of hydrogen-bond acceptors (Lipinski definition) is 3. The Bertz CT molecular complexity index is 909. The number of benzene rings is 2. The minimum Gasteiger partial charge on any atom is -0.349 e. The van der Waals surface area contributed by atoms with Gasteiger partial charge in [0.15, 0.2) is 0 Å². The zero-order chi connectivity index (χ0) is 20.0. The molecule has 2 aromatic carbocycles. The van der Waals surface area contributed by atoms with Crippen LogP contribution >= 0.6 is 11.6 Å². The normalized spacial score (nSPS) is 16.0. The molecular weight excluding hydrogens is 396 g/mol. The van der Waals surface area contributed by atoms with Crippen LogP contribution in [0.3, 0.4) is 0 Å². The Kier molecular flexibility index (Phi) is 6.97. The first kappa shape index (κ1) is 20.7. The van der Waals surface area contributed by atoms with Crippen molar-refractivity contribution < 1.29 is 13.2 Å². The summed E-state index contributed by atoms with van der Waals surface area (Å²) in [7, 11) is -3.91. The van der Waals surface area contributed by atoms with Crippen molar-refractivity contribution in [3.63, 3.8) is 0 Å². The van der Waals surface area contributed by atoms with E-state index < -0.39 is 10.0 Å². The Morgan fingerprint density at radius 2 is 1.57 bits per heavy atom.